The van der Waals surface area contributed by atoms with Crippen molar-refractivity contribution in [1.82, 2.24) is 10.2 Å². The quantitative estimate of drug-likeness (QED) is 0.895. The van der Waals surface area contributed by atoms with E-state index in [2.05, 4.69) is 5.32 Å². The molecule has 2 aromatic carbocycles. The molecular weight excluding hydrogens is 335 g/mol. The molecule has 26 heavy (non-hydrogen) atoms. The van der Waals surface area contributed by atoms with E-state index in [1.165, 1.54) is 12.1 Å². The molecule has 1 N–H and O–H groups in total. The molecule has 3 rings (SSSR count). The Bertz CT molecular complexity index is 792. The predicted molar refractivity (Wildman–Crippen MR) is 95.2 cm³/mol. The van der Waals surface area contributed by atoms with E-state index < -0.39 is 6.04 Å². The highest BCUT2D eigenvalue weighted by molar-refractivity contribution is 5.89. The lowest BCUT2D eigenvalue weighted by Crippen LogP contribution is -2.52. The summed E-state index contributed by atoms with van der Waals surface area (Å²) >= 11 is 0. The minimum Gasteiger partial charge on any atom is -0.496 e. The molecule has 0 aromatic heterocycles. The minimum atomic E-state index is -0.727. The van der Waals surface area contributed by atoms with E-state index >= 15 is 0 Å². The molecule has 1 saturated heterocycles. The van der Waals surface area contributed by atoms with Crippen molar-refractivity contribution in [3.63, 3.8) is 0 Å². The molecule has 2 aromatic rings. The first-order valence-electron chi connectivity index (χ1n) is 8.54. The Labute approximate surface area is 151 Å². The second-order valence-corrected chi connectivity index (χ2v) is 6.14. The van der Waals surface area contributed by atoms with E-state index in [-0.39, 0.29) is 24.1 Å². The van der Waals surface area contributed by atoms with Gasteiger partial charge in [-0.15, -0.1) is 0 Å². The van der Waals surface area contributed by atoms with Crippen LogP contribution in [0.2, 0.25) is 0 Å². The van der Waals surface area contributed by atoms with Gasteiger partial charge in [0.2, 0.25) is 11.8 Å². The Balaban J connectivity index is 1.75. The Kier molecular flexibility index (Phi) is 5.51. The maximum atomic E-state index is 13.2. The van der Waals surface area contributed by atoms with Crippen LogP contribution in [0.25, 0.3) is 0 Å². The highest BCUT2D eigenvalue weighted by Gasteiger charge is 2.34. The first-order valence-corrected chi connectivity index (χ1v) is 8.54. The molecule has 2 amide bonds. The first-order chi connectivity index (χ1) is 12.6. The monoisotopic (exact) mass is 356 g/mol. The zero-order valence-corrected chi connectivity index (χ0v) is 14.6. The number of halogens is 1. The second kappa shape index (κ2) is 7.99. The Morgan fingerprint density at radius 2 is 1.96 bits per heavy atom. The maximum Gasteiger partial charge on any atom is 0.247 e. The molecule has 1 fully saturated rings. The van der Waals surface area contributed by atoms with Crippen LogP contribution in [0.4, 0.5) is 4.39 Å². The Morgan fingerprint density at radius 3 is 2.69 bits per heavy atom. The van der Waals surface area contributed by atoms with E-state index in [1.807, 2.05) is 24.3 Å². The number of carbonyl (C=O) groups excluding carboxylic acids is 2. The fraction of sp³-hybridized carbons (Fsp3) is 0.300. The van der Waals surface area contributed by atoms with Crippen molar-refractivity contribution in [1.29, 1.82) is 0 Å². The molecule has 1 aliphatic heterocycles. The molecule has 5 nitrogen and oxygen atoms in total. The van der Waals surface area contributed by atoms with Crippen molar-refractivity contribution in [2.75, 3.05) is 20.2 Å². The van der Waals surface area contributed by atoms with Crippen LogP contribution in [-0.4, -0.2) is 36.9 Å². The number of hydrogen-bond donors (Lipinski definition) is 1. The van der Waals surface area contributed by atoms with Crippen LogP contribution in [0.5, 0.6) is 5.75 Å². The number of benzene rings is 2. The lowest BCUT2D eigenvalue weighted by atomic mass is 10.0. The zero-order valence-electron chi connectivity index (χ0n) is 14.6. The van der Waals surface area contributed by atoms with E-state index in [0.717, 1.165) is 11.3 Å². The van der Waals surface area contributed by atoms with Crippen molar-refractivity contribution in [2.24, 2.45) is 0 Å². The number of para-hydroxylation sites is 1. The summed E-state index contributed by atoms with van der Waals surface area (Å²) in [5.74, 6) is 0.0133. The van der Waals surface area contributed by atoms with Gasteiger partial charge in [0.1, 0.15) is 17.6 Å². The molecule has 0 bridgehead atoms. The van der Waals surface area contributed by atoms with Gasteiger partial charge in [0.25, 0.3) is 0 Å². The smallest absolute Gasteiger partial charge is 0.247 e. The van der Waals surface area contributed by atoms with Crippen LogP contribution in [0, 0.1) is 5.82 Å². The Hall–Kier alpha value is -2.89. The molecule has 1 heterocycles. The van der Waals surface area contributed by atoms with Crippen LogP contribution < -0.4 is 10.1 Å². The van der Waals surface area contributed by atoms with Crippen molar-refractivity contribution in [3.8, 4) is 5.75 Å². The summed E-state index contributed by atoms with van der Waals surface area (Å²) in [4.78, 5) is 26.7. The van der Waals surface area contributed by atoms with Crippen LogP contribution in [0.3, 0.4) is 0 Å². The van der Waals surface area contributed by atoms with Crippen LogP contribution in [-0.2, 0) is 16.0 Å². The zero-order chi connectivity index (χ0) is 18.5. The summed E-state index contributed by atoms with van der Waals surface area (Å²) in [6.45, 7) is 0.843. The van der Waals surface area contributed by atoms with Gasteiger partial charge in [-0.05, 0) is 35.7 Å². The van der Waals surface area contributed by atoms with Gasteiger partial charge in [0.15, 0.2) is 0 Å². The summed E-state index contributed by atoms with van der Waals surface area (Å²) in [5, 5.41) is 2.78. The van der Waals surface area contributed by atoms with Gasteiger partial charge in [-0.2, -0.15) is 0 Å². The number of rotatable bonds is 5. The summed E-state index contributed by atoms with van der Waals surface area (Å²) in [5.41, 5.74) is 1.55. The third kappa shape index (κ3) is 3.85. The van der Waals surface area contributed by atoms with E-state index in [4.69, 9.17) is 4.74 Å². The average Bonchev–Trinajstić information content (AvgIpc) is 2.67. The predicted octanol–water partition coefficient (Wildman–Crippen LogP) is 2.47. The number of carbonyl (C=O) groups is 2. The molecule has 0 radical (unpaired) electrons. The van der Waals surface area contributed by atoms with Gasteiger partial charge in [0, 0.05) is 19.5 Å². The number of nitrogens with one attached hydrogen (secondary N) is 1. The van der Waals surface area contributed by atoms with Crippen molar-refractivity contribution < 1.29 is 18.7 Å². The van der Waals surface area contributed by atoms with Gasteiger partial charge in [0.05, 0.1) is 7.11 Å². The van der Waals surface area contributed by atoms with Crippen LogP contribution >= 0.6 is 0 Å². The molecular formula is C20H21FN2O3. The van der Waals surface area contributed by atoms with Crippen molar-refractivity contribution in [2.45, 2.75) is 18.9 Å². The summed E-state index contributed by atoms with van der Waals surface area (Å²) in [7, 11) is 1.60. The number of piperazine rings is 1. The maximum absolute atomic E-state index is 13.2. The summed E-state index contributed by atoms with van der Waals surface area (Å²) in [6.07, 6.45) is 0.794. The van der Waals surface area contributed by atoms with Crippen molar-refractivity contribution in [3.05, 3.63) is 65.5 Å². The van der Waals surface area contributed by atoms with Gasteiger partial charge in [-0.1, -0.05) is 30.3 Å². The molecule has 1 aliphatic rings. The fourth-order valence-electron chi connectivity index (χ4n) is 3.21. The summed E-state index contributed by atoms with van der Waals surface area (Å²) in [6, 6.07) is 12.5. The topological polar surface area (TPSA) is 58.6 Å². The number of nitrogens with zero attached hydrogens (tertiary/aromatic N) is 1. The lowest BCUT2D eigenvalue weighted by molar-refractivity contribution is -0.143. The van der Waals surface area contributed by atoms with Crippen LogP contribution in [0.1, 0.15) is 23.6 Å². The standard InChI is InChI=1S/C20H21FN2O3/c1-26-17-5-3-2-4-14(17)8-11-18(24)23-13-12-22-20(25)19(23)15-6-9-16(21)10-7-15/h2-7,9-10,19H,8,11-13H2,1H3,(H,22,25). The number of amides is 2. The minimum absolute atomic E-state index is 0.111. The third-order valence-electron chi connectivity index (χ3n) is 4.52. The number of aryl methyl sites for hydroxylation is 1. The lowest BCUT2D eigenvalue weighted by Gasteiger charge is -2.35. The van der Waals surface area contributed by atoms with Gasteiger partial charge >= 0.3 is 0 Å². The van der Waals surface area contributed by atoms with Gasteiger partial charge in [-0.3, -0.25) is 9.59 Å². The van der Waals surface area contributed by atoms with E-state index in [0.29, 0.717) is 25.1 Å². The fourth-order valence-corrected chi connectivity index (χ4v) is 3.21. The second-order valence-electron chi connectivity index (χ2n) is 6.14. The number of methoxy groups -OCH3 is 1. The van der Waals surface area contributed by atoms with Gasteiger partial charge in [-0.25, -0.2) is 4.39 Å². The number of hydrogen-bond acceptors (Lipinski definition) is 3. The summed E-state index contributed by atoms with van der Waals surface area (Å²) < 4.78 is 18.5. The average molecular weight is 356 g/mol. The molecule has 1 unspecified atom stereocenters. The molecule has 136 valence electrons. The molecule has 6 heteroatoms. The molecule has 1 atom stereocenters. The third-order valence-corrected chi connectivity index (χ3v) is 4.52. The normalized spacial score (nSPS) is 16.9. The highest BCUT2D eigenvalue weighted by Crippen LogP contribution is 2.25. The largest absolute Gasteiger partial charge is 0.496 e. The highest BCUT2D eigenvalue weighted by atomic mass is 19.1. The van der Waals surface area contributed by atoms with Crippen molar-refractivity contribution >= 4 is 11.8 Å². The first kappa shape index (κ1) is 17.9. The van der Waals surface area contributed by atoms with Gasteiger partial charge < -0.3 is 15.0 Å². The number of ether oxygens (including phenoxy) is 1. The van der Waals surface area contributed by atoms with Crippen LogP contribution in [0.15, 0.2) is 48.5 Å². The van der Waals surface area contributed by atoms with E-state index in [1.54, 1.807) is 24.1 Å². The van der Waals surface area contributed by atoms with E-state index in [9.17, 15) is 14.0 Å². The Morgan fingerprint density at radius 1 is 1.23 bits per heavy atom. The SMILES string of the molecule is COc1ccccc1CCC(=O)N1CCNC(=O)C1c1ccc(F)cc1. The molecule has 0 saturated carbocycles. The molecule has 0 aliphatic carbocycles. The molecule has 0 spiro atoms.